The quantitative estimate of drug-likeness (QED) is 0.511. The average Bonchev–Trinajstić information content (AvgIpc) is 3.37. The van der Waals surface area contributed by atoms with Gasteiger partial charge in [-0.15, -0.1) is 22.7 Å². The molecule has 6 nitrogen and oxygen atoms in total. The van der Waals surface area contributed by atoms with E-state index < -0.39 is 17.4 Å². The molecule has 0 spiro atoms. The number of benzene rings is 1. The van der Waals surface area contributed by atoms with E-state index in [1.807, 2.05) is 17.5 Å². The Morgan fingerprint density at radius 2 is 1.90 bits per heavy atom. The number of fused-ring (bicyclic) bond motifs is 1. The van der Waals surface area contributed by atoms with Gasteiger partial charge in [-0.05, 0) is 47.5 Å². The maximum Gasteiger partial charge on any atom is 0.332 e. The fourth-order valence-corrected chi connectivity index (χ4v) is 4.61. The molecule has 0 bridgehead atoms. The van der Waals surface area contributed by atoms with E-state index in [4.69, 9.17) is 0 Å². The molecule has 0 radical (unpaired) electrons. The molecule has 0 saturated carbocycles. The van der Waals surface area contributed by atoms with Gasteiger partial charge in [0.05, 0.1) is 5.52 Å². The zero-order valence-electron chi connectivity index (χ0n) is 15.1. The molecule has 0 aliphatic carbocycles. The van der Waals surface area contributed by atoms with Crippen LogP contribution in [-0.4, -0.2) is 15.0 Å². The van der Waals surface area contributed by atoms with E-state index in [9.17, 15) is 18.8 Å². The third-order valence-electron chi connectivity index (χ3n) is 4.41. The summed E-state index contributed by atoms with van der Waals surface area (Å²) in [7, 11) is 0. The first-order chi connectivity index (χ1) is 14.0. The normalized spacial score (nSPS) is 11.1. The van der Waals surface area contributed by atoms with Gasteiger partial charge in [-0.25, -0.2) is 9.18 Å². The maximum atomic E-state index is 13.3. The van der Waals surface area contributed by atoms with Crippen molar-refractivity contribution in [3.63, 3.8) is 0 Å². The molecule has 0 unspecified atom stereocenters. The molecular weight excluding hydrogens is 413 g/mol. The number of aromatic nitrogens is 2. The predicted molar refractivity (Wildman–Crippen MR) is 113 cm³/mol. The van der Waals surface area contributed by atoms with Crippen LogP contribution in [0.15, 0.2) is 62.8 Å². The fraction of sp³-hybridized carbons (Fsp3) is 0.150. The third-order valence-corrected chi connectivity index (χ3v) is 6.24. The fourth-order valence-electron chi connectivity index (χ4n) is 3.07. The van der Waals surface area contributed by atoms with Gasteiger partial charge < -0.3 is 5.32 Å². The zero-order valence-corrected chi connectivity index (χ0v) is 16.8. The lowest BCUT2D eigenvalue weighted by atomic mass is 10.3. The number of hydrogen-bond acceptors (Lipinski definition) is 5. The highest BCUT2D eigenvalue weighted by atomic mass is 32.1. The highest BCUT2D eigenvalue weighted by molar-refractivity contribution is 7.17. The number of carbonyl (C=O) groups excluding carboxylic acids is 1. The minimum Gasteiger partial charge on any atom is -0.324 e. The molecule has 9 heteroatoms. The van der Waals surface area contributed by atoms with Crippen LogP contribution in [0.1, 0.15) is 4.88 Å². The van der Waals surface area contributed by atoms with Crippen molar-refractivity contribution in [2.45, 2.75) is 19.5 Å². The molecule has 29 heavy (non-hydrogen) atoms. The molecule has 1 aromatic carbocycles. The SMILES string of the molecule is O=C(Cn1c(=O)n(CCc2cccs2)c(=O)c2sccc21)Nc1cccc(F)c1. The van der Waals surface area contributed by atoms with E-state index >= 15 is 0 Å². The number of nitrogens with one attached hydrogen (secondary N) is 1. The van der Waals surface area contributed by atoms with E-state index in [1.54, 1.807) is 28.8 Å². The molecule has 0 aliphatic rings. The van der Waals surface area contributed by atoms with Crippen molar-refractivity contribution in [2.75, 3.05) is 5.32 Å². The molecule has 148 valence electrons. The lowest BCUT2D eigenvalue weighted by Crippen LogP contribution is -2.41. The summed E-state index contributed by atoms with van der Waals surface area (Å²) >= 11 is 2.80. The van der Waals surface area contributed by atoms with Crippen molar-refractivity contribution in [3.05, 3.63) is 84.8 Å². The third kappa shape index (κ3) is 4.06. The van der Waals surface area contributed by atoms with Gasteiger partial charge in [-0.2, -0.15) is 0 Å². The van der Waals surface area contributed by atoms with Gasteiger partial charge in [0.2, 0.25) is 5.91 Å². The number of rotatable bonds is 6. The standard InChI is InChI=1S/C20H16FN3O3S2/c21-13-3-1-4-14(11-13)22-17(25)12-24-16-7-10-29-18(16)19(26)23(20(24)27)8-6-15-5-2-9-28-15/h1-5,7,9-11H,6,8,12H2,(H,22,25). The van der Waals surface area contributed by atoms with Gasteiger partial charge in [0.25, 0.3) is 5.56 Å². The summed E-state index contributed by atoms with van der Waals surface area (Å²) in [6.07, 6.45) is 0.555. The van der Waals surface area contributed by atoms with Gasteiger partial charge in [0.1, 0.15) is 17.1 Å². The zero-order chi connectivity index (χ0) is 20.4. The van der Waals surface area contributed by atoms with Crippen molar-refractivity contribution in [2.24, 2.45) is 0 Å². The number of anilines is 1. The molecule has 4 rings (SSSR count). The monoisotopic (exact) mass is 429 g/mol. The Labute approximate surface area is 172 Å². The van der Waals surface area contributed by atoms with Crippen molar-refractivity contribution in [3.8, 4) is 0 Å². The van der Waals surface area contributed by atoms with Crippen LogP contribution in [-0.2, 0) is 24.3 Å². The minimum absolute atomic E-state index is 0.234. The first kappa shape index (κ1) is 19.3. The second kappa shape index (κ2) is 8.14. The molecule has 4 aromatic rings. The van der Waals surface area contributed by atoms with Crippen LogP contribution < -0.4 is 16.6 Å². The molecular formula is C20H16FN3O3S2. The van der Waals surface area contributed by atoms with Crippen LogP contribution in [0.5, 0.6) is 0 Å². The number of aryl methyl sites for hydroxylation is 1. The molecule has 1 amide bonds. The van der Waals surface area contributed by atoms with Crippen molar-refractivity contribution in [1.82, 2.24) is 9.13 Å². The molecule has 3 aromatic heterocycles. The topological polar surface area (TPSA) is 73.1 Å². The van der Waals surface area contributed by atoms with Gasteiger partial charge in [-0.3, -0.25) is 18.7 Å². The molecule has 0 saturated heterocycles. The number of amides is 1. The summed E-state index contributed by atoms with van der Waals surface area (Å²) in [5.74, 6) is -0.948. The Morgan fingerprint density at radius 1 is 1.03 bits per heavy atom. The lowest BCUT2D eigenvalue weighted by molar-refractivity contribution is -0.116. The summed E-state index contributed by atoms with van der Waals surface area (Å²) in [4.78, 5) is 39.3. The second-order valence-corrected chi connectivity index (χ2v) is 8.30. The Balaban J connectivity index is 1.66. The number of halogens is 1. The Morgan fingerprint density at radius 3 is 2.66 bits per heavy atom. The number of nitrogens with zero attached hydrogens (tertiary/aromatic N) is 2. The summed E-state index contributed by atoms with van der Waals surface area (Å²) in [6, 6.07) is 11.0. The van der Waals surface area contributed by atoms with Crippen LogP contribution in [0.4, 0.5) is 10.1 Å². The second-order valence-electron chi connectivity index (χ2n) is 6.35. The number of hydrogen-bond donors (Lipinski definition) is 1. The predicted octanol–water partition coefficient (Wildman–Crippen LogP) is 3.31. The molecule has 1 N–H and O–H groups in total. The number of thiophene rings is 2. The Hall–Kier alpha value is -3.04. The van der Waals surface area contributed by atoms with Crippen LogP contribution >= 0.6 is 22.7 Å². The maximum absolute atomic E-state index is 13.3. The smallest absolute Gasteiger partial charge is 0.324 e. The van der Waals surface area contributed by atoms with E-state index in [1.165, 1.54) is 38.7 Å². The lowest BCUT2D eigenvalue weighted by Gasteiger charge is -2.12. The van der Waals surface area contributed by atoms with Gasteiger partial charge in [0, 0.05) is 17.1 Å². The largest absolute Gasteiger partial charge is 0.332 e. The average molecular weight is 429 g/mol. The minimum atomic E-state index is -0.535. The summed E-state index contributed by atoms with van der Waals surface area (Å²) in [5.41, 5.74) is -0.160. The highest BCUT2D eigenvalue weighted by Gasteiger charge is 2.16. The van der Waals surface area contributed by atoms with Crippen molar-refractivity contribution in [1.29, 1.82) is 0 Å². The first-order valence-electron chi connectivity index (χ1n) is 8.81. The van der Waals surface area contributed by atoms with Crippen LogP contribution in [0.25, 0.3) is 10.2 Å². The van der Waals surface area contributed by atoms with Crippen LogP contribution in [0.2, 0.25) is 0 Å². The molecule has 3 heterocycles. The van der Waals surface area contributed by atoms with E-state index in [0.29, 0.717) is 22.3 Å². The van der Waals surface area contributed by atoms with Gasteiger partial charge in [-0.1, -0.05) is 12.1 Å². The van der Waals surface area contributed by atoms with E-state index in [0.717, 1.165) is 4.88 Å². The number of carbonyl (C=O) groups is 1. The Kier molecular flexibility index (Phi) is 5.41. The van der Waals surface area contributed by atoms with Crippen molar-refractivity contribution < 1.29 is 9.18 Å². The van der Waals surface area contributed by atoms with Gasteiger partial charge >= 0.3 is 5.69 Å². The van der Waals surface area contributed by atoms with E-state index in [-0.39, 0.29) is 18.6 Å². The molecule has 0 fully saturated rings. The highest BCUT2D eigenvalue weighted by Crippen LogP contribution is 2.16. The van der Waals surface area contributed by atoms with Crippen molar-refractivity contribution >= 4 is 44.5 Å². The first-order valence-corrected chi connectivity index (χ1v) is 10.6. The summed E-state index contributed by atoms with van der Waals surface area (Å²) in [5, 5.41) is 6.24. The van der Waals surface area contributed by atoms with Crippen LogP contribution in [0, 0.1) is 5.82 Å². The Bertz CT molecular complexity index is 1290. The molecule has 0 aliphatic heterocycles. The summed E-state index contributed by atoms with van der Waals surface area (Å²) in [6.45, 7) is -0.0423. The summed E-state index contributed by atoms with van der Waals surface area (Å²) < 4.78 is 16.2. The van der Waals surface area contributed by atoms with E-state index in [2.05, 4.69) is 5.32 Å². The van der Waals surface area contributed by atoms with Crippen LogP contribution in [0.3, 0.4) is 0 Å². The molecule has 0 atom stereocenters. The van der Waals surface area contributed by atoms with Gasteiger partial charge in [0.15, 0.2) is 0 Å².